The van der Waals surface area contributed by atoms with E-state index in [0.717, 1.165) is 12.8 Å². The lowest BCUT2D eigenvalue weighted by Gasteiger charge is -2.14. The smallest absolute Gasteiger partial charge is 0.325 e. The van der Waals surface area contributed by atoms with Crippen molar-refractivity contribution >= 4 is 45.8 Å². The van der Waals surface area contributed by atoms with Crippen LogP contribution < -0.4 is 16.8 Å². The molecule has 0 radical (unpaired) electrons. The van der Waals surface area contributed by atoms with Crippen LogP contribution in [0.5, 0.6) is 0 Å². The van der Waals surface area contributed by atoms with Crippen molar-refractivity contribution < 1.29 is 14.7 Å². The molecule has 2 atom stereocenters. The molecule has 104 valence electrons. The molecule has 0 spiro atoms. The summed E-state index contributed by atoms with van der Waals surface area (Å²) >= 11 is 0. The Labute approximate surface area is 122 Å². The summed E-state index contributed by atoms with van der Waals surface area (Å²) in [5.74, 6) is -1.50. The van der Waals surface area contributed by atoms with Crippen LogP contribution in [0.25, 0.3) is 0 Å². The first-order valence-corrected chi connectivity index (χ1v) is 4.98. The highest BCUT2D eigenvalue weighted by Gasteiger charge is 2.18. The van der Waals surface area contributed by atoms with Crippen LogP contribution in [0, 0.1) is 0 Å². The van der Waals surface area contributed by atoms with Gasteiger partial charge in [0, 0.05) is 0 Å². The number of carbonyl (C=O) groups is 2. The van der Waals surface area contributed by atoms with Crippen LogP contribution in [0.1, 0.15) is 26.2 Å². The van der Waals surface area contributed by atoms with E-state index in [1.807, 2.05) is 0 Å². The zero-order chi connectivity index (χ0) is 11.8. The number of carboxylic acids is 1. The van der Waals surface area contributed by atoms with Crippen LogP contribution in [0.4, 0.5) is 0 Å². The Morgan fingerprint density at radius 2 is 1.82 bits per heavy atom. The lowest BCUT2D eigenvalue weighted by molar-refractivity contribution is -0.141. The summed E-state index contributed by atoms with van der Waals surface area (Å²) in [4.78, 5) is 21.8. The first-order valence-electron chi connectivity index (χ1n) is 4.98. The molecular weight excluding hydrogens is 358 g/mol. The quantitative estimate of drug-likeness (QED) is 0.471. The molecule has 0 unspecified atom stereocenters. The summed E-state index contributed by atoms with van der Waals surface area (Å²) in [6.07, 6.45) is 2.11. The fourth-order valence-corrected chi connectivity index (χ4v) is 1.02. The van der Waals surface area contributed by atoms with E-state index in [0.29, 0.717) is 13.0 Å². The van der Waals surface area contributed by atoms with Gasteiger partial charge < -0.3 is 21.9 Å². The predicted molar refractivity (Wildman–Crippen MR) is 76.8 cm³/mol. The number of aliphatic carboxylic acids is 1. The van der Waals surface area contributed by atoms with Gasteiger partial charge in [-0.25, -0.2) is 0 Å². The Morgan fingerprint density at radius 3 is 2.24 bits per heavy atom. The highest BCUT2D eigenvalue weighted by molar-refractivity contribution is 8.93. The molecule has 0 bridgehead atoms. The van der Waals surface area contributed by atoms with Gasteiger partial charge in [0.15, 0.2) is 0 Å². The number of unbranched alkanes of at least 4 members (excludes halogenated alkanes) is 1. The third-order valence-electron chi connectivity index (χ3n) is 2.04. The maximum absolute atomic E-state index is 11.3. The Bertz CT molecular complexity index is 230. The average Bonchev–Trinajstić information content (AvgIpc) is 2.17. The van der Waals surface area contributed by atoms with E-state index in [1.54, 1.807) is 0 Å². The van der Waals surface area contributed by atoms with E-state index in [1.165, 1.54) is 6.92 Å². The number of nitrogens with two attached hydrogens (primary N) is 2. The summed E-state index contributed by atoms with van der Waals surface area (Å²) in [6.45, 7) is 1.96. The summed E-state index contributed by atoms with van der Waals surface area (Å²) in [5, 5.41) is 10.9. The van der Waals surface area contributed by atoms with Gasteiger partial charge >= 0.3 is 5.97 Å². The highest BCUT2D eigenvalue weighted by atomic mass is 79.9. The number of rotatable bonds is 7. The Morgan fingerprint density at radius 1 is 1.29 bits per heavy atom. The Hall–Kier alpha value is -0.180. The molecule has 0 fully saturated rings. The first kappa shape index (κ1) is 22.0. The molecule has 0 aromatic rings. The molecule has 0 aliphatic rings. The van der Waals surface area contributed by atoms with Crippen LogP contribution in [0.2, 0.25) is 0 Å². The van der Waals surface area contributed by atoms with Crippen molar-refractivity contribution in [2.45, 2.75) is 38.3 Å². The lowest BCUT2D eigenvalue weighted by atomic mass is 10.1. The minimum Gasteiger partial charge on any atom is -0.480 e. The second-order valence-corrected chi connectivity index (χ2v) is 3.46. The van der Waals surface area contributed by atoms with Crippen LogP contribution in [0.15, 0.2) is 0 Å². The number of amides is 1. The third-order valence-corrected chi connectivity index (χ3v) is 2.04. The topological polar surface area (TPSA) is 118 Å². The molecule has 6 N–H and O–H groups in total. The van der Waals surface area contributed by atoms with Gasteiger partial charge in [0.05, 0.1) is 6.04 Å². The van der Waals surface area contributed by atoms with E-state index >= 15 is 0 Å². The summed E-state index contributed by atoms with van der Waals surface area (Å²) < 4.78 is 0. The predicted octanol–water partition coefficient (Wildman–Crippen LogP) is 0.188. The van der Waals surface area contributed by atoms with Crippen molar-refractivity contribution in [3.05, 3.63) is 0 Å². The third kappa shape index (κ3) is 10.7. The van der Waals surface area contributed by atoms with Gasteiger partial charge in [-0.15, -0.1) is 34.0 Å². The molecule has 0 heterocycles. The SMILES string of the molecule is Br.Br.C[C@@H](NC(=O)[C@H](N)CCCCN)C(=O)O. The van der Waals surface area contributed by atoms with Gasteiger partial charge in [0.2, 0.25) is 5.91 Å². The van der Waals surface area contributed by atoms with E-state index in [4.69, 9.17) is 16.6 Å². The lowest BCUT2D eigenvalue weighted by Crippen LogP contribution is -2.47. The van der Waals surface area contributed by atoms with Gasteiger partial charge in [-0.1, -0.05) is 6.42 Å². The van der Waals surface area contributed by atoms with Crippen molar-refractivity contribution in [1.29, 1.82) is 0 Å². The van der Waals surface area contributed by atoms with Gasteiger partial charge in [0.1, 0.15) is 6.04 Å². The molecular formula is C9H21Br2N3O3. The highest BCUT2D eigenvalue weighted by Crippen LogP contribution is 1.98. The number of hydrogen-bond acceptors (Lipinski definition) is 4. The molecule has 0 saturated heterocycles. The monoisotopic (exact) mass is 377 g/mol. The number of carbonyl (C=O) groups excluding carboxylic acids is 1. The minimum atomic E-state index is -1.07. The first-order chi connectivity index (χ1) is 6.99. The van der Waals surface area contributed by atoms with E-state index in [9.17, 15) is 9.59 Å². The molecule has 0 aliphatic heterocycles. The number of nitrogens with one attached hydrogen (secondary N) is 1. The Kier molecular flexibility index (Phi) is 15.9. The number of carboxylic acid groups (broad SMARTS) is 1. The summed E-state index contributed by atoms with van der Waals surface area (Å²) in [7, 11) is 0. The maximum atomic E-state index is 11.3. The normalized spacial score (nSPS) is 12.6. The second kappa shape index (κ2) is 12.3. The number of halogens is 2. The Balaban J connectivity index is -0.000000980. The standard InChI is InChI=1S/C9H19N3O3.2BrH/c1-6(9(14)15)12-8(13)7(11)4-2-3-5-10;;/h6-7H,2-5,10-11H2,1H3,(H,12,13)(H,14,15);2*1H/t6-,7-;;/m1../s1. The molecule has 1 amide bonds. The van der Waals surface area contributed by atoms with Gasteiger partial charge in [-0.3, -0.25) is 9.59 Å². The number of hydrogen-bond donors (Lipinski definition) is 4. The van der Waals surface area contributed by atoms with Gasteiger partial charge in [-0.2, -0.15) is 0 Å². The van der Waals surface area contributed by atoms with Gasteiger partial charge in [-0.05, 0) is 26.3 Å². The maximum Gasteiger partial charge on any atom is 0.325 e. The van der Waals surface area contributed by atoms with E-state index in [-0.39, 0.29) is 34.0 Å². The van der Waals surface area contributed by atoms with Gasteiger partial charge in [0.25, 0.3) is 0 Å². The van der Waals surface area contributed by atoms with E-state index < -0.39 is 24.0 Å². The largest absolute Gasteiger partial charge is 0.480 e. The van der Waals surface area contributed by atoms with E-state index in [2.05, 4.69) is 5.32 Å². The van der Waals surface area contributed by atoms with Crippen molar-refractivity contribution in [1.82, 2.24) is 5.32 Å². The molecule has 17 heavy (non-hydrogen) atoms. The molecule has 8 heteroatoms. The molecule has 0 saturated carbocycles. The van der Waals surface area contributed by atoms with Crippen LogP contribution in [-0.2, 0) is 9.59 Å². The zero-order valence-electron chi connectivity index (χ0n) is 9.72. The molecule has 0 rings (SSSR count). The van der Waals surface area contributed by atoms with Crippen LogP contribution in [0.3, 0.4) is 0 Å². The fraction of sp³-hybridized carbons (Fsp3) is 0.778. The minimum absolute atomic E-state index is 0. The average molecular weight is 379 g/mol. The fourth-order valence-electron chi connectivity index (χ4n) is 1.02. The molecule has 0 aromatic carbocycles. The molecule has 0 aliphatic carbocycles. The van der Waals surface area contributed by atoms with Crippen molar-refractivity contribution in [2.75, 3.05) is 6.54 Å². The van der Waals surface area contributed by atoms with Crippen molar-refractivity contribution in [3.63, 3.8) is 0 Å². The van der Waals surface area contributed by atoms with Crippen LogP contribution in [-0.4, -0.2) is 35.6 Å². The molecule has 6 nitrogen and oxygen atoms in total. The summed E-state index contributed by atoms with van der Waals surface area (Å²) in [5.41, 5.74) is 10.9. The van der Waals surface area contributed by atoms with Crippen molar-refractivity contribution in [2.24, 2.45) is 11.5 Å². The van der Waals surface area contributed by atoms with Crippen molar-refractivity contribution in [3.8, 4) is 0 Å². The molecule has 0 aromatic heterocycles. The van der Waals surface area contributed by atoms with Crippen LogP contribution >= 0.6 is 34.0 Å². The zero-order valence-corrected chi connectivity index (χ0v) is 13.1. The summed E-state index contributed by atoms with van der Waals surface area (Å²) in [6, 6.07) is -1.56. The second-order valence-electron chi connectivity index (χ2n) is 3.46.